The largest absolute Gasteiger partial charge is 0.507 e. The van der Waals surface area contributed by atoms with Gasteiger partial charge in [-0.2, -0.15) is 0 Å². The van der Waals surface area contributed by atoms with Crippen LogP contribution >= 0.6 is 15.9 Å². The molecule has 4 heteroatoms. The highest BCUT2D eigenvalue weighted by atomic mass is 79.9. The van der Waals surface area contributed by atoms with E-state index in [4.69, 9.17) is 0 Å². The molecule has 2 nitrogen and oxygen atoms in total. The summed E-state index contributed by atoms with van der Waals surface area (Å²) >= 11 is 3.34. The predicted molar refractivity (Wildman–Crippen MR) is 74.1 cm³/mol. The van der Waals surface area contributed by atoms with Gasteiger partial charge in [0.15, 0.2) is 0 Å². The zero-order valence-electron chi connectivity index (χ0n) is 9.69. The average molecular weight is 308 g/mol. The molecular formula is C14H11BrFNO. The number of halogens is 2. The van der Waals surface area contributed by atoms with Crippen LogP contribution in [0.4, 0.5) is 10.1 Å². The summed E-state index contributed by atoms with van der Waals surface area (Å²) in [6.07, 6.45) is 0. The third-order valence-electron chi connectivity index (χ3n) is 2.47. The molecule has 0 atom stereocenters. The van der Waals surface area contributed by atoms with Gasteiger partial charge in [-0.15, -0.1) is 0 Å². The van der Waals surface area contributed by atoms with Crippen LogP contribution in [0.3, 0.4) is 0 Å². The summed E-state index contributed by atoms with van der Waals surface area (Å²) in [4.78, 5) is 4.34. The number of aromatic hydroxyl groups is 1. The molecule has 0 bridgehead atoms. The van der Waals surface area contributed by atoms with Gasteiger partial charge in [-0.25, -0.2) is 4.39 Å². The van der Waals surface area contributed by atoms with E-state index in [0.717, 1.165) is 4.47 Å². The van der Waals surface area contributed by atoms with E-state index in [1.807, 2.05) is 0 Å². The first-order chi connectivity index (χ1) is 8.56. The van der Waals surface area contributed by atoms with Crippen molar-refractivity contribution in [1.82, 2.24) is 0 Å². The van der Waals surface area contributed by atoms with Crippen molar-refractivity contribution in [3.8, 4) is 5.75 Å². The summed E-state index contributed by atoms with van der Waals surface area (Å²) in [6, 6.07) is 11.0. The van der Waals surface area contributed by atoms with Crippen LogP contribution in [0.5, 0.6) is 5.75 Å². The number of phenols is 1. The molecule has 1 N–H and O–H groups in total. The lowest BCUT2D eigenvalue weighted by molar-refractivity contribution is 0.474. The number of hydrogen-bond acceptors (Lipinski definition) is 2. The third kappa shape index (κ3) is 2.96. The van der Waals surface area contributed by atoms with Crippen LogP contribution in [0, 0.1) is 5.82 Å². The first kappa shape index (κ1) is 12.8. The molecule has 2 aromatic rings. The van der Waals surface area contributed by atoms with Gasteiger partial charge in [0.25, 0.3) is 0 Å². The molecule has 0 saturated carbocycles. The molecule has 0 unspecified atom stereocenters. The Bertz CT molecular complexity index is 593. The molecule has 92 valence electrons. The molecular weight excluding hydrogens is 297 g/mol. The maximum Gasteiger partial charge on any atom is 0.124 e. The van der Waals surface area contributed by atoms with Crippen LogP contribution in [0.1, 0.15) is 12.5 Å². The first-order valence-corrected chi connectivity index (χ1v) is 6.15. The van der Waals surface area contributed by atoms with Crippen LogP contribution in [0.25, 0.3) is 0 Å². The SMILES string of the molecule is CC(=Nc1ccc(F)cc1)c1cc(Br)ccc1O. The lowest BCUT2D eigenvalue weighted by Gasteiger charge is -2.05. The second-order valence-electron chi connectivity index (χ2n) is 3.84. The molecule has 0 radical (unpaired) electrons. The normalized spacial score (nSPS) is 11.6. The standard InChI is InChI=1S/C14H11BrFNO/c1-9(13-8-10(15)2-7-14(13)18)17-12-5-3-11(16)4-6-12/h2-8,18H,1H3. The Morgan fingerprint density at radius 1 is 1.17 bits per heavy atom. The van der Waals surface area contributed by atoms with Crippen molar-refractivity contribution in [2.24, 2.45) is 4.99 Å². The van der Waals surface area contributed by atoms with E-state index < -0.39 is 0 Å². The average Bonchev–Trinajstić information content (AvgIpc) is 2.35. The molecule has 0 fully saturated rings. The summed E-state index contributed by atoms with van der Waals surface area (Å²) in [5.74, 6) is -0.126. The fraction of sp³-hybridized carbons (Fsp3) is 0.0714. The Kier molecular flexibility index (Phi) is 3.77. The van der Waals surface area contributed by atoms with E-state index in [1.165, 1.54) is 12.1 Å². The van der Waals surface area contributed by atoms with Crippen LogP contribution in [-0.2, 0) is 0 Å². The number of phenolic OH excluding ortho intramolecular Hbond substituents is 1. The minimum absolute atomic E-state index is 0.168. The number of nitrogens with zero attached hydrogens (tertiary/aromatic N) is 1. The Balaban J connectivity index is 2.38. The van der Waals surface area contributed by atoms with E-state index in [1.54, 1.807) is 37.3 Å². The molecule has 0 aromatic heterocycles. The van der Waals surface area contributed by atoms with Crippen molar-refractivity contribution in [1.29, 1.82) is 0 Å². The van der Waals surface area contributed by atoms with E-state index in [2.05, 4.69) is 20.9 Å². The van der Waals surface area contributed by atoms with Crippen molar-refractivity contribution in [2.45, 2.75) is 6.92 Å². The van der Waals surface area contributed by atoms with Crippen molar-refractivity contribution in [3.05, 3.63) is 58.3 Å². The van der Waals surface area contributed by atoms with Gasteiger partial charge in [-0.3, -0.25) is 4.99 Å². The van der Waals surface area contributed by atoms with E-state index in [-0.39, 0.29) is 11.6 Å². The maximum atomic E-state index is 12.8. The Labute approximate surface area is 113 Å². The predicted octanol–water partition coefficient (Wildman–Crippen LogP) is 4.43. The van der Waals surface area contributed by atoms with Crippen LogP contribution < -0.4 is 0 Å². The third-order valence-corrected chi connectivity index (χ3v) is 2.97. The fourth-order valence-corrected chi connectivity index (χ4v) is 1.93. The Hall–Kier alpha value is -1.68. The van der Waals surface area contributed by atoms with Crippen molar-refractivity contribution in [3.63, 3.8) is 0 Å². The molecule has 0 spiro atoms. The molecule has 0 saturated heterocycles. The maximum absolute atomic E-state index is 12.8. The molecule has 18 heavy (non-hydrogen) atoms. The summed E-state index contributed by atoms with van der Waals surface area (Å²) in [5, 5.41) is 9.77. The topological polar surface area (TPSA) is 32.6 Å². The van der Waals surface area contributed by atoms with E-state index in [9.17, 15) is 9.50 Å². The Morgan fingerprint density at radius 2 is 1.83 bits per heavy atom. The highest BCUT2D eigenvalue weighted by Gasteiger charge is 2.05. The number of benzene rings is 2. The summed E-state index contributed by atoms with van der Waals surface area (Å²) in [6.45, 7) is 1.80. The van der Waals surface area contributed by atoms with Crippen molar-refractivity contribution in [2.75, 3.05) is 0 Å². The lowest BCUT2D eigenvalue weighted by atomic mass is 10.1. The van der Waals surface area contributed by atoms with Gasteiger partial charge >= 0.3 is 0 Å². The molecule has 2 aromatic carbocycles. The van der Waals surface area contributed by atoms with Crippen LogP contribution in [-0.4, -0.2) is 10.8 Å². The van der Waals surface area contributed by atoms with Crippen molar-refractivity contribution >= 4 is 27.3 Å². The minimum Gasteiger partial charge on any atom is -0.507 e. The van der Waals surface area contributed by atoms with Gasteiger partial charge in [0.2, 0.25) is 0 Å². The van der Waals surface area contributed by atoms with Gasteiger partial charge in [0.05, 0.1) is 5.69 Å². The minimum atomic E-state index is -0.295. The zero-order chi connectivity index (χ0) is 13.1. The molecule has 2 rings (SSSR count). The van der Waals surface area contributed by atoms with Crippen LogP contribution in [0.15, 0.2) is 51.9 Å². The lowest BCUT2D eigenvalue weighted by Crippen LogP contribution is -1.94. The molecule has 0 aliphatic heterocycles. The first-order valence-electron chi connectivity index (χ1n) is 5.36. The van der Waals surface area contributed by atoms with E-state index in [0.29, 0.717) is 17.0 Å². The smallest absolute Gasteiger partial charge is 0.124 e. The summed E-state index contributed by atoms with van der Waals surface area (Å²) in [5.41, 5.74) is 1.96. The monoisotopic (exact) mass is 307 g/mol. The molecule has 0 heterocycles. The van der Waals surface area contributed by atoms with Gasteiger partial charge in [-0.05, 0) is 49.4 Å². The van der Waals surface area contributed by atoms with Gasteiger partial charge < -0.3 is 5.11 Å². The Morgan fingerprint density at radius 3 is 2.50 bits per heavy atom. The van der Waals surface area contributed by atoms with E-state index >= 15 is 0 Å². The fourth-order valence-electron chi connectivity index (χ4n) is 1.57. The molecule has 0 aliphatic rings. The summed E-state index contributed by atoms with van der Waals surface area (Å²) < 4.78 is 13.6. The van der Waals surface area contributed by atoms with Gasteiger partial charge in [-0.1, -0.05) is 15.9 Å². The van der Waals surface area contributed by atoms with Crippen molar-refractivity contribution < 1.29 is 9.50 Å². The molecule has 0 amide bonds. The quantitative estimate of drug-likeness (QED) is 0.818. The highest BCUT2D eigenvalue weighted by Crippen LogP contribution is 2.24. The number of hydrogen-bond donors (Lipinski definition) is 1. The highest BCUT2D eigenvalue weighted by molar-refractivity contribution is 9.10. The number of rotatable bonds is 2. The molecule has 0 aliphatic carbocycles. The second-order valence-corrected chi connectivity index (χ2v) is 4.75. The van der Waals surface area contributed by atoms with Gasteiger partial charge in [0.1, 0.15) is 11.6 Å². The van der Waals surface area contributed by atoms with Crippen LogP contribution in [0.2, 0.25) is 0 Å². The van der Waals surface area contributed by atoms with Gasteiger partial charge in [0, 0.05) is 15.7 Å². The number of aliphatic imine (C=N–C) groups is 1. The zero-order valence-corrected chi connectivity index (χ0v) is 11.3. The summed E-state index contributed by atoms with van der Waals surface area (Å²) in [7, 11) is 0. The second kappa shape index (κ2) is 5.31.